The van der Waals surface area contributed by atoms with Crippen LogP contribution in [0.3, 0.4) is 0 Å². The van der Waals surface area contributed by atoms with Crippen molar-refractivity contribution in [2.75, 3.05) is 7.11 Å². The van der Waals surface area contributed by atoms with Crippen LogP contribution in [0.1, 0.15) is 44.4 Å². The Labute approximate surface area is 183 Å². The molecule has 3 rings (SSSR count). The van der Waals surface area contributed by atoms with Crippen LogP contribution >= 0.6 is 15.9 Å². The molecule has 0 atom stereocenters. The van der Waals surface area contributed by atoms with E-state index in [4.69, 9.17) is 14.2 Å². The van der Waals surface area contributed by atoms with Crippen molar-refractivity contribution in [3.63, 3.8) is 0 Å². The molecule has 0 N–H and O–H groups in total. The molecule has 0 spiro atoms. The van der Waals surface area contributed by atoms with Crippen molar-refractivity contribution in [1.29, 1.82) is 0 Å². The number of hydrogen-bond acceptors (Lipinski definition) is 6. The van der Waals surface area contributed by atoms with Crippen molar-refractivity contribution in [2.45, 2.75) is 33.1 Å². The molecule has 0 aliphatic carbocycles. The van der Waals surface area contributed by atoms with Crippen molar-refractivity contribution in [3.8, 4) is 11.5 Å². The Kier molecular flexibility index (Phi) is 6.12. The van der Waals surface area contributed by atoms with Crippen LogP contribution in [0.2, 0.25) is 0 Å². The van der Waals surface area contributed by atoms with Gasteiger partial charge in [-0.2, -0.15) is 0 Å². The Balaban J connectivity index is 1.92. The number of carbonyl (C=O) groups excluding carboxylic acids is 2. The van der Waals surface area contributed by atoms with Crippen molar-refractivity contribution < 1.29 is 23.8 Å². The average Bonchev–Trinajstić information content (AvgIpc) is 3.03. The summed E-state index contributed by atoms with van der Waals surface area (Å²) in [5, 5.41) is 0. The lowest BCUT2D eigenvalue weighted by Gasteiger charge is -2.18. The lowest BCUT2D eigenvalue weighted by molar-refractivity contribution is -0.132. The van der Waals surface area contributed by atoms with Gasteiger partial charge in [-0.15, -0.1) is 0 Å². The number of nitrogens with zero attached hydrogens (tertiary/aromatic N) is 1. The van der Waals surface area contributed by atoms with E-state index in [-0.39, 0.29) is 22.8 Å². The molecule has 7 heteroatoms. The summed E-state index contributed by atoms with van der Waals surface area (Å²) in [5.74, 6) is -0.131. The molecule has 1 heterocycles. The molecule has 6 nitrogen and oxygen atoms in total. The van der Waals surface area contributed by atoms with E-state index in [1.807, 2.05) is 24.3 Å². The highest BCUT2D eigenvalue weighted by Gasteiger charge is 2.25. The molecule has 0 bridgehead atoms. The SMILES string of the molecule is COc1cc(/C=C2/N=C(c3ccc(C(C)(C)C)cc3)OC2=O)cc(Br)c1OC(C)=O. The third-order valence-corrected chi connectivity index (χ3v) is 5.01. The van der Waals surface area contributed by atoms with E-state index < -0.39 is 11.9 Å². The van der Waals surface area contributed by atoms with E-state index in [1.165, 1.54) is 19.6 Å². The van der Waals surface area contributed by atoms with E-state index in [2.05, 4.69) is 41.7 Å². The highest BCUT2D eigenvalue weighted by molar-refractivity contribution is 9.10. The van der Waals surface area contributed by atoms with Gasteiger partial charge in [0.15, 0.2) is 17.2 Å². The zero-order chi connectivity index (χ0) is 22.1. The second-order valence-electron chi connectivity index (χ2n) is 7.79. The quantitative estimate of drug-likeness (QED) is 0.355. The molecule has 30 heavy (non-hydrogen) atoms. The summed E-state index contributed by atoms with van der Waals surface area (Å²) in [6, 6.07) is 11.1. The van der Waals surface area contributed by atoms with Crippen LogP contribution < -0.4 is 9.47 Å². The van der Waals surface area contributed by atoms with E-state index in [0.717, 1.165) is 5.56 Å². The Morgan fingerprint density at radius 1 is 1.17 bits per heavy atom. The van der Waals surface area contributed by atoms with Crippen LogP contribution in [-0.2, 0) is 19.7 Å². The fourth-order valence-corrected chi connectivity index (χ4v) is 3.41. The fraction of sp³-hybridized carbons (Fsp3) is 0.261. The van der Waals surface area contributed by atoms with Crippen LogP contribution in [0, 0.1) is 0 Å². The molecule has 156 valence electrons. The van der Waals surface area contributed by atoms with Gasteiger partial charge in [0, 0.05) is 12.5 Å². The average molecular weight is 472 g/mol. The number of rotatable bonds is 4. The van der Waals surface area contributed by atoms with Crippen LogP contribution in [-0.4, -0.2) is 24.9 Å². The number of carbonyl (C=O) groups is 2. The Bertz CT molecular complexity index is 1060. The minimum absolute atomic E-state index is 0.0302. The molecule has 1 aliphatic heterocycles. The maximum Gasteiger partial charge on any atom is 0.363 e. The molecule has 2 aromatic rings. The molecule has 0 fully saturated rings. The van der Waals surface area contributed by atoms with Crippen molar-refractivity contribution in [2.24, 2.45) is 4.99 Å². The van der Waals surface area contributed by atoms with E-state index in [9.17, 15) is 9.59 Å². The first kappa shape index (κ1) is 21.8. The third-order valence-electron chi connectivity index (χ3n) is 4.42. The summed E-state index contributed by atoms with van der Waals surface area (Å²) >= 11 is 3.36. The molecule has 0 saturated carbocycles. The van der Waals surface area contributed by atoms with Gasteiger partial charge in [-0.05, 0) is 62.8 Å². The van der Waals surface area contributed by atoms with Crippen LogP contribution in [0.4, 0.5) is 0 Å². The number of benzene rings is 2. The lowest BCUT2D eigenvalue weighted by atomic mass is 9.87. The van der Waals surface area contributed by atoms with Gasteiger partial charge in [0.05, 0.1) is 11.6 Å². The summed E-state index contributed by atoms with van der Waals surface area (Å²) in [7, 11) is 1.47. The summed E-state index contributed by atoms with van der Waals surface area (Å²) < 4.78 is 16.3. The maximum absolute atomic E-state index is 12.3. The van der Waals surface area contributed by atoms with Gasteiger partial charge in [0.2, 0.25) is 5.90 Å². The van der Waals surface area contributed by atoms with Gasteiger partial charge in [-0.25, -0.2) is 9.79 Å². The van der Waals surface area contributed by atoms with Crippen molar-refractivity contribution >= 4 is 39.8 Å². The molecule has 0 unspecified atom stereocenters. The number of hydrogen-bond donors (Lipinski definition) is 0. The number of esters is 2. The van der Waals surface area contributed by atoms with E-state index >= 15 is 0 Å². The summed E-state index contributed by atoms with van der Waals surface area (Å²) in [6.07, 6.45) is 1.59. The molecular weight excluding hydrogens is 450 g/mol. The fourth-order valence-electron chi connectivity index (χ4n) is 2.87. The summed E-state index contributed by atoms with van der Waals surface area (Å²) in [5.41, 5.74) is 2.73. The Morgan fingerprint density at radius 3 is 2.40 bits per heavy atom. The van der Waals surface area contributed by atoms with E-state index in [1.54, 1.807) is 18.2 Å². The lowest BCUT2D eigenvalue weighted by Crippen LogP contribution is -2.11. The minimum atomic E-state index is -0.538. The second-order valence-corrected chi connectivity index (χ2v) is 8.65. The van der Waals surface area contributed by atoms with Gasteiger partial charge in [0.25, 0.3) is 0 Å². The molecule has 0 saturated heterocycles. The molecule has 0 radical (unpaired) electrons. The molecule has 0 amide bonds. The number of aliphatic imine (C=N–C) groups is 1. The third kappa shape index (κ3) is 4.79. The van der Waals surface area contributed by atoms with Crippen molar-refractivity contribution in [1.82, 2.24) is 0 Å². The minimum Gasteiger partial charge on any atom is -0.493 e. The first-order valence-corrected chi connectivity index (χ1v) is 10.1. The zero-order valence-corrected chi connectivity index (χ0v) is 19.0. The topological polar surface area (TPSA) is 74.2 Å². The first-order chi connectivity index (χ1) is 14.1. The summed E-state index contributed by atoms with van der Waals surface area (Å²) in [4.78, 5) is 28.0. The van der Waals surface area contributed by atoms with Crippen LogP contribution in [0.5, 0.6) is 11.5 Å². The number of cyclic esters (lactones) is 1. The monoisotopic (exact) mass is 471 g/mol. The summed E-state index contributed by atoms with van der Waals surface area (Å²) in [6.45, 7) is 7.71. The van der Waals surface area contributed by atoms with Gasteiger partial charge in [-0.1, -0.05) is 32.9 Å². The normalized spacial score (nSPS) is 15.1. The highest BCUT2D eigenvalue weighted by atomic mass is 79.9. The van der Waals surface area contributed by atoms with Gasteiger partial charge in [-0.3, -0.25) is 4.79 Å². The smallest absolute Gasteiger partial charge is 0.363 e. The number of ether oxygens (including phenoxy) is 3. The number of halogens is 1. The van der Waals surface area contributed by atoms with E-state index in [0.29, 0.717) is 15.8 Å². The van der Waals surface area contributed by atoms with Crippen LogP contribution in [0.15, 0.2) is 51.6 Å². The predicted octanol–water partition coefficient (Wildman–Crippen LogP) is 5.03. The molecule has 1 aliphatic rings. The Hall–Kier alpha value is -2.93. The second kappa shape index (κ2) is 8.44. The predicted molar refractivity (Wildman–Crippen MR) is 118 cm³/mol. The molecule has 2 aromatic carbocycles. The molecular formula is C23H22BrNO5. The highest BCUT2D eigenvalue weighted by Crippen LogP contribution is 2.37. The first-order valence-electron chi connectivity index (χ1n) is 9.28. The van der Waals surface area contributed by atoms with Gasteiger partial charge >= 0.3 is 11.9 Å². The number of methoxy groups -OCH3 is 1. The zero-order valence-electron chi connectivity index (χ0n) is 17.4. The standard InChI is InChI=1S/C23H22BrNO5/c1-13(26)29-20-17(24)10-14(12-19(20)28-5)11-18-22(27)30-21(25-18)15-6-8-16(9-7-15)23(2,3)4/h6-12H,1-5H3/b18-11+. The molecule has 0 aromatic heterocycles. The largest absolute Gasteiger partial charge is 0.493 e. The van der Waals surface area contributed by atoms with Gasteiger partial charge < -0.3 is 14.2 Å². The van der Waals surface area contributed by atoms with Gasteiger partial charge in [0.1, 0.15) is 0 Å². The van der Waals surface area contributed by atoms with Crippen LogP contribution in [0.25, 0.3) is 6.08 Å². The van der Waals surface area contributed by atoms with Crippen molar-refractivity contribution in [3.05, 3.63) is 63.3 Å². The maximum atomic E-state index is 12.3. The Morgan fingerprint density at radius 2 is 1.83 bits per heavy atom.